The highest BCUT2D eigenvalue weighted by Gasteiger charge is 2.00. The first kappa shape index (κ1) is 9.86. The number of carbonyl (C=O) groups excluding carboxylic acids is 1. The zero-order chi connectivity index (χ0) is 10.8. The third-order valence-corrected chi connectivity index (χ3v) is 2.52. The average Bonchev–Trinajstić information content (AvgIpc) is 2.65. The summed E-state index contributed by atoms with van der Waals surface area (Å²) in [4.78, 5) is 14.0. The summed E-state index contributed by atoms with van der Waals surface area (Å²) in [6, 6.07) is 7.35. The molecule has 0 atom stereocenters. The Labute approximate surface area is 92.4 Å². The van der Waals surface area contributed by atoms with Crippen molar-refractivity contribution >= 4 is 18.0 Å². The quantitative estimate of drug-likeness (QED) is 0.621. The molecule has 0 unspecified atom stereocenters. The zero-order valence-electron chi connectivity index (χ0n) is 8.23. The van der Waals surface area contributed by atoms with Gasteiger partial charge in [0, 0.05) is 23.6 Å². The highest BCUT2D eigenvalue weighted by molar-refractivity contribution is 7.71. The first-order valence-corrected chi connectivity index (χ1v) is 4.97. The van der Waals surface area contributed by atoms with Crippen LogP contribution in [-0.4, -0.2) is 15.3 Å². The molecule has 2 aromatic rings. The Bertz CT molecular complexity index is 536. The van der Waals surface area contributed by atoms with Crippen molar-refractivity contribution in [3.63, 3.8) is 0 Å². The molecule has 76 valence electrons. The second-order valence-corrected chi connectivity index (χ2v) is 3.62. The molecule has 3 nitrogen and oxygen atoms in total. The topological polar surface area (TPSA) is 37.8 Å². The van der Waals surface area contributed by atoms with Gasteiger partial charge in [-0.1, -0.05) is 0 Å². The Morgan fingerprint density at radius 2 is 2.00 bits per heavy atom. The molecule has 1 heterocycles. The van der Waals surface area contributed by atoms with Gasteiger partial charge in [-0.25, -0.2) is 0 Å². The molecule has 0 radical (unpaired) electrons. The molecule has 0 saturated heterocycles. The number of hydrogen-bond donors (Lipinski definition) is 1. The van der Waals surface area contributed by atoms with Gasteiger partial charge >= 0.3 is 0 Å². The number of nitrogens with zero attached hydrogens (tertiary/aromatic N) is 1. The number of rotatable bonds is 2. The number of aromatic amines is 1. The lowest BCUT2D eigenvalue weighted by atomic mass is 10.1. The molecule has 0 fully saturated rings. The molecule has 1 aromatic carbocycles. The fourth-order valence-electron chi connectivity index (χ4n) is 1.38. The predicted octanol–water partition coefficient (Wildman–Crippen LogP) is 2.74. The molecule has 4 heteroatoms. The van der Waals surface area contributed by atoms with Crippen molar-refractivity contribution in [2.45, 2.75) is 6.92 Å². The summed E-state index contributed by atoms with van der Waals surface area (Å²) in [5, 5.41) is 0. The fourth-order valence-corrected chi connectivity index (χ4v) is 1.61. The van der Waals surface area contributed by atoms with E-state index in [9.17, 15) is 4.79 Å². The summed E-state index contributed by atoms with van der Waals surface area (Å²) in [5.74, 6) is 0.0687. The van der Waals surface area contributed by atoms with Crippen LogP contribution in [0.25, 0.3) is 5.69 Å². The Morgan fingerprint density at radius 3 is 2.47 bits per heavy atom. The number of nitrogens with one attached hydrogen (secondary N) is 1. The SMILES string of the molecule is CC(=O)c1ccc(-n2cc[nH]c2=S)cc1. The summed E-state index contributed by atoms with van der Waals surface area (Å²) >= 11 is 5.09. The molecule has 15 heavy (non-hydrogen) atoms. The molecule has 0 bridgehead atoms. The van der Waals surface area contributed by atoms with Crippen LogP contribution < -0.4 is 0 Å². The molecule has 0 spiro atoms. The predicted molar refractivity (Wildman–Crippen MR) is 61.0 cm³/mol. The van der Waals surface area contributed by atoms with E-state index in [-0.39, 0.29) is 5.78 Å². The van der Waals surface area contributed by atoms with Crippen molar-refractivity contribution in [3.8, 4) is 5.69 Å². The van der Waals surface area contributed by atoms with Gasteiger partial charge in [0.15, 0.2) is 10.6 Å². The third kappa shape index (κ3) is 1.89. The van der Waals surface area contributed by atoms with Gasteiger partial charge in [0.1, 0.15) is 0 Å². The third-order valence-electron chi connectivity index (χ3n) is 2.20. The second-order valence-electron chi connectivity index (χ2n) is 3.24. The highest BCUT2D eigenvalue weighted by atomic mass is 32.1. The number of benzene rings is 1. The maximum absolute atomic E-state index is 11.1. The van der Waals surface area contributed by atoms with Crippen molar-refractivity contribution in [2.24, 2.45) is 0 Å². The van der Waals surface area contributed by atoms with Crippen LogP contribution in [0.1, 0.15) is 17.3 Å². The minimum atomic E-state index is 0.0687. The van der Waals surface area contributed by atoms with E-state index >= 15 is 0 Å². The molecule has 0 aliphatic heterocycles. The molecular formula is C11H10N2OS. The summed E-state index contributed by atoms with van der Waals surface area (Å²) in [5.41, 5.74) is 1.66. The molecular weight excluding hydrogens is 208 g/mol. The Morgan fingerprint density at radius 1 is 1.33 bits per heavy atom. The summed E-state index contributed by atoms with van der Waals surface area (Å²) < 4.78 is 2.49. The van der Waals surface area contributed by atoms with E-state index in [1.54, 1.807) is 25.3 Å². The first-order chi connectivity index (χ1) is 7.18. The average molecular weight is 218 g/mol. The molecule has 0 aliphatic rings. The smallest absolute Gasteiger partial charge is 0.181 e. The standard InChI is InChI=1S/C11H10N2OS/c1-8(14)9-2-4-10(5-3-9)13-7-6-12-11(13)15/h2-7H,1H3,(H,12,15). The van der Waals surface area contributed by atoms with E-state index in [0.29, 0.717) is 10.3 Å². The van der Waals surface area contributed by atoms with Gasteiger partial charge in [-0.3, -0.25) is 9.36 Å². The lowest BCUT2D eigenvalue weighted by molar-refractivity contribution is 0.101. The Balaban J connectivity index is 2.44. The maximum Gasteiger partial charge on any atom is 0.181 e. The number of ketones is 1. The van der Waals surface area contributed by atoms with Crippen molar-refractivity contribution in [2.75, 3.05) is 0 Å². The van der Waals surface area contributed by atoms with E-state index in [4.69, 9.17) is 12.2 Å². The lowest BCUT2D eigenvalue weighted by Gasteiger charge is -2.02. The molecule has 0 amide bonds. The van der Waals surface area contributed by atoms with Gasteiger partial charge < -0.3 is 4.98 Å². The number of H-pyrrole nitrogens is 1. The largest absolute Gasteiger partial charge is 0.337 e. The van der Waals surface area contributed by atoms with Crippen LogP contribution in [0.5, 0.6) is 0 Å². The Kier molecular flexibility index (Phi) is 2.51. The normalized spacial score (nSPS) is 10.2. The number of aromatic nitrogens is 2. The van der Waals surface area contributed by atoms with Gasteiger partial charge in [0.25, 0.3) is 0 Å². The summed E-state index contributed by atoms with van der Waals surface area (Å²) in [6.07, 6.45) is 3.63. The van der Waals surface area contributed by atoms with Crippen LogP contribution in [0.15, 0.2) is 36.7 Å². The summed E-state index contributed by atoms with van der Waals surface area (Å²) in [7, 11) is 0. The van der Waals surface area contributed by atoms with Gasteiger partial charge in [-0.15, -0.1) is 0 Å². The van der Waals surface area contributed by atoms with Crippen LogP contribution in [0, 0.1) is 4.77 Å². The number of imidazole rings is 1. The van der Waals surface area contributed by atoms with Crippen molar-refractivity contribution < 1.29 is 4.79 Å². The lowest BCUT2D eigenvalue weighted by Crippen LogP contribution is -1.95. The number of Topliss-reactive ketones (excluding diaryl/α,β-unsaturated/α-hetero) is 1. The van der Waals surface area contributed by atoms with E-state index < -0.39 is 0 Å². The fraction of sp³-hybridized carbons (Fsp3) is 0.0909. The minimum Gasteiger partial charge on any atom is -0.337 e. The van der Waals surface area contributed by atoms with Gasteiger partial charge in [0.05, 0.1) is 0 Å². The van der Waals surface area contributed by atoms with Gasteiger partial charge in [-0.05, 0) is 43.4 Å². The summed E-state index contributed by atoms with van der Waals surface area (Å²) in [6.45, 7) is 1.55. The Hall–Kier alpha value is -1.68. The minimum absolute atomic E-state index is 0.0687. The van der Waals surface area contributed by atoms with Crippen LogP contribution in [-0.2, 0) is 0 Å². The molecule has 0 aliphatic carbocycles. The highest BCUT2D eigenvalue weighted by Crippen LogP contribution is 2.10. The monoisotopic (exact) mass is 218 g/mol. The number of carbonyl (C=O) groups is 1. The molecule has 1 aromatic heterocycles. The zero-order valence-corrected chi connectivity index (χ0v) is 9.04. The van der Waals surface area contributed by atoms with E-state index in [0.717, 1.165) is 5.69 Å². The second kappa shape index (κ2) is 3.82. The molecule has 2 rings (SSSR count). The van der Waals surface area contributed by atoms with E-state index in [2.05, 4.69) is 4.98 Å². The van der Waals surface area contributed by atoms with Crippen molar-refractivity contribution in [3.05, 3.63) is 47.0 Å². The van der Waals surface area contributed by atoms with Gasteiger partial charge in [-0.2, -0.15) is 0 Å². The number of hydrogen-bond acceptors (Lipinski definition) is 2. The van der Waals surface area contributed by atoms with Crippen LogP contribution >= 0.6 is 12.2 Å². The molecule has 0 saturated carbocycles. The van der Waals surface area contributed by atoms with Gasteiger partial charge in [0.2, 0.25) is 0 Å². The van der Waals surface area contributed by atoms with Crippen LogP contribution in [0.3, 0.4) is 0 Å². The van der Waals surface area contributed by atoms with Crippen LogP contribution in [0.2, 0.25) is 0 Å². The van der Waals surface area contributed by atoms with E-state index in [1.165, 1.54) is 0 Å². The maximum atomic E-state index is 11.1. The van der Waals surface area contributed by atoms with E-state index in [1.807, 2.05) is 22.9 Å². The van der Waals surface area contributed by atoms with Crippen molar-refractivity contribution in [1.82, 2.24) is 9.55 Å². The first-order valence-electron chi connectivity index (χ1n) is 4.56. The van der Waals surface area contributed by atoms with Crippen LogP contribution in [0.4, 0.5) is 0 Å². The molecule has 1 N–H and O–H groups in total. The van der Waals surface area contributed by atoms with Crippen molar-refractivity contribution in [1.29, 1.82) is 0 Å².